The predicted molar refractivity (Wildman–Crippen MR) is 79.9 cm³/mol. The van der Waals surface area contributed by atoms with Crippen molar-refractivity contribution in [1.29, 1.82) is 0 Å². The Labute approximate surface area is 129 Å². The first-order valence-corrected chi connectivity index (χ1v) is 8.20. The summed E-state index contributed by atoms with van der Waals surface area (Å²) in [5.41, 5.74) is 0. The van der Waals surface area contributed by atoms with E-state index in [1.807, 2.05) is 6.07 Å². The van der Waals surface area contributed by atoms with Crippen molar-refractivity contribution in [3.8, 4) is 0 Å². The Kier molecular flexibility index (Phi) is 3.73. The van der Waals surface area contributed by atoms with Crippen LogP contribution < -0.4 is 4.90 Å². The highest BCUT2D eigenvalue weighted by Crippen LogP contribution is 2.39. The number of anilines is 1. The lowest BCUT2D eigenvalue weighted by atomic mass is 10.1. The van der Waals surface area contributed by atoms with Crippen molar-refractivity contribution in [2.45, 2.75) is 43.8 Å². The van der Waals surface area contributed by atoms with Gasteiger partial charge in [0.25, 0.3) is 0 Å². The lowest BCUT2D eigenvalue weighted by Crippen LogP contribution is -2.48. The zero-order valence-electron chi connectivity index (χ0n) is 12.0. The van der Waals surface area contributed by atoms with E-state index in [0.29, 0.717) is 17.7 Å². The molecule has 0 spiro atoms. The summed E-state index contributed by atoms with van der Waals surface area (Å²) in [4.78, 5) is 11.3. The third kappa shape index (κ3) is 3.00. The number of rotatable bonds is 3. The van der Waals surface area contributed by atoms with Crippen LogP contribution in [0.3, 0.4) is 0 Å². The zero-order valence-corrected chi connectivity index (χ0v) is 12.8. The lowest BCUT2D eigenvalue weighted by Gasteiger charge is -2.36. The van der Waals surface area contributed by atoms with Gasteiger partial charge in [0.15, 0.2) is 0 Å². The van der Waals surface area contributed by atoms with Gasteiger partial charge < -0.3 is 14.4 Å². The van der Waals surface area contributed by atoms with Crippen LogP contribution in [-0.2, 0) is 9.47 Å². The van der Waals surface area contributed by atoms with Gasteiger partial charge in [0, 0.05) is 31.7 Å². The Morgan fingerprint density at radius 1 is 1.10 bits per heavy atom. The second kappa shape index (κ2) is 5.71. The van der Waals surface area contributed by atoms with Crippen molar-refractivity contribution >= 4 is 17.4 Å². The van der Waals surface area contributed by atoms with E-state index in [2.05, 4.69) is 9.88 Å². The predicted octanol–water partition coefficient (Wildman–Crippen LogP) is 2.39. The Hall–Kier alpha value is -0.910. The van der Waals surface area contributed by atoms with E-state index in [4.69, 9.17) is 26.1 Å². The van der Waals surface area contributed by atoms with Gasteiger partial charge in [-0.3, -0.25) is 0 Å². The van der Waals surface area contributed by atoms with Crippen LogP contribution in [0.5, 0.6) is 0 Å². The second-order valence-electron chi connectivity index (χ2n) is 6.09. The highest BCUT2D eigenvalue weighted by atomic mass is 35.5. The van der Waals surface area contributed by atoms with Gasteiger partial charge in [-0.1, -0.05) is 11.6 Å². The summed E-state index contributed by atoms with van der Waals surface area (Å²) in [6.45, 7) is 3.24. The molecule has 0 amide bonds. The number of morpholine rings is 1. The molecule has 3 heterocycles. The van der Waals surface area contributed by atoms with Crippen molar-refractivity contribution in [2.24, 2.45) is 0 Å². The fourth-order valence-electron chi connectivity index (χ4n) is 3.11. The summed E-state index contributed by atoms with van der Waals surface area (Å²) in [6, 6.07) is 1.87. The van der Waals surface area contributed by atoms with Crippen LogP contribution in [0, 0.1) is 0 Å². The number of halogens is 1. The highest BCUT2D eigenvalue weighted by molar-refractivity contribution is 6.29. The van der Waals surface area contributed by atoms with Crippen molar-refractivity contribution in [3.63, 3.8) is 0 Å². The minimum atomic E-state index is 0.138. The smallest absolute Gasteiger partial charge is 0.135 e. The van der Waals surface area contributed by atoms with E-state index in [9.17, 15) is 0 Å². The molecule has 0 bridgehead atoms. The average Bonchev–Trinajstić information content (AvgIpc) is 3.22. The molecule has 0 radical (unpaired) electrons. The van der Waals surface area contributed by atoms with Crippen molar-refractivity contribution in [2.75, 3.05) is 31.2 Å². The fourth-order valence-corrected chi connectivity index (χ4v) is 3.30. The summed E-state index contributed by atoms with van der Waals surface area (Å²) in [6.07, 6.45) is 4.96. The molecular formula is C15H20ClN3O2. The second-order valence-corrected chi connectivity index (χ2v) is 6.48. The quantitative estimate of drug-likeness (QED) is 0.802. The number of aromatic nitrogens is 2. The largest absolute Gasteiger partial charge is 0.375 e. The van der Waals surface area contributed by atoms with Crippen molar-refractivity contribution < 1.29 is 9.47 Å². The minimum Gasteiger partial charge on any atom is -0.375 e. The molecule has 1 aromatic heterocycles. The molecule has 2 saturated heterocycles. The van der Waals surface area contributed by atoms with Crippen LogP contribution in [0.15, 0.2) is 6.07 Å². The summed E-state index contributed by atoms with van der Waals surface area (Å²) in [7, 11) is 0. The number of ether oxygens (including phenoxy) is 2. The van der Waals surface area contributed by atoms with Gasteiger partial charge in [0.1, 0.15) is 22.9 Å². The fraction of sp³-hybridized carbons (Fsp3) is 0.733. The monoisotopic (exact) mass is 309 g/mol. The molecule has 1 saturated carbocycles. The molecule has 0 aromatic carbocycles. The van der Waals surface area contributed by atoms with Crippen LogP contribution in [0.2, 0.25) is 5.15 Å². The maximum atomic E-state index is 6.17. The number of nitrogens with zero attached hydrogens (tertiary/aromatic N) is 3. The first-order valence-electron chi connectivity index (χ1n) is 7.82. The molecule has 114 valence electrons. The standard InChI is InChI=1S/C15H20ClN3O2/c16-13-8-14(18-15(17-13)10-3-4-10)19-5-7-21-12(9-19)11-2-1-6-20-11/h8,10-12H,1-7,9H2. The molecule has 3 aliphatic rings. The molecule has 1 aliphatic carbocycles. The molecule has 4 rings (SSSR count). The Morgan fingerprint density at radius 2 is 1.95 bits per heavy atom. The molecule has 6 heteroatoms. The average molecular weight is 310 g/mol. The zero-order chi connectivity index (χ0) is 14.2. The Balaban J connectivity index is 1.52. The third-order valence-electron chi connectivity index (χ3n) is 4.44. The van der Waals surface area contributed by atoms with Gasteiger partial charge in [-0.15, -0.1) is 0 Å². The van der Waals surface area contributed by atoms with Crippen LogP contribution in [0.4, 0.5) is 5.82 Å². The minimum absolute atomic E-state index is 0.138. The van der Waals surface area contributed by atoms with Gasteiger partial charge in [0.2, 0.25) is 0 Å². The third-order valence-corrected chi connectivity index (χ3v) is 4.63. The molecule has 21 heavy (non-hydrogen) atoms. The molecule has 2 unspecified atom stereocenters. The van der Waals surface area contributed by atoms with Crippen molar-refractivity contribution in [1.82, 2.24) is 9.97 Å². The van der Waals surface area contributed by atoms with E-state index in [1.165, 1.54) is 12.8 Å². The number of hydrogen-bond acceptors (Lipinski definition) is 5. The summed E-state index contributed by atoms with van der Waals surface area (Å²) in [5, 5.41) is 0.544. The van der Waals surface area contributed by atoms with Gasteiger partial charge in [-0.25, -0.2) is 9.97 Å². The van der Waals surface area contributed by atoms with Crippen molar-refractivity contribution in [3.05, 3.63) is 17.0 Å². The van der Waals surface area contributed by atoms with Gasteiger partial charge in [-0.05, 0) is 25.7 Å². The van der Waals surface area contributed by atoms with Crippen LogP contribution in [0.1, 0.15) is 37.4 Å². The van der Waals surface area contributed by atoms with E-state index in [0.717, 1.165) is 44.2 Å². The molecule has 1 aromatic rings. The maximum Gasteiger partial charge on any atom is 0.135 e. The Morgan fingerprint density at radius 3 is 2.71 bits per heavy atom. The summed E-state index contributed by atoms with van der Waals surface area (Å²) < 4.78 is 11.7. The highest BCUT2D eigenvalue weighted by Gasteiger charge is 2.33. The number of hydrogen-bond donors (Lipinski definition) is 0. The molecular weight excluding hydrogens is 290 g/mol. The van der Waals surface area contributed by atoms with E-state index in [-0.39, 0.29) is 12.2 Å². The van der Waals surface area contributed by atoms with E-state index >= 15 is 0 Å². The summed E-state index contributed by atoms with van der Waals surface area (Å²) >= 11 is 6.17. The molecule has 2 aliphatic heterocycles. The molecule has 5 nitrogen and oxygen atoms in total. The van der Waals surface area contributed by atoms with E-state index < -0.39 is 0 Å². The maximum absolute atomic E-state index is 6.17. The van der Waals surface area contributed by atoms with Gasteiger partial charge in [0.05, 0.1) is 12.7 Å². The SMILES string of the molecule is Clc1cc(N2CCOC(C3CCCO3)C2)nc(C2CC2)n1. The van der Waals surface area contributed by atoms with Crippen LogP contribution >= 0.6 is 11.6 Å². The molecule has 3 fully saturated rings. The lowest BCUT2D eigenvalue weighted by molar-refractivity contribution is -0.0544. The first kappa shape index (κ1) is 13.7. The molecule has 0 N–H and O–H groups in total. The first-order chi connectivity index (χ1) is 10.3. The topological polar surface area (TPSA) is 47.5 Å². The molecule has 2 atom stereocenters. The van der Waals surface area contributed by atoms with Gasteiger partial charge in [-0.2, -0.15) is 0 Å². The van der Waals surface area contributed by atoms with Crippen LogP contribution in [-0.4, -0.2) is 48.5 Å². The van der Waals surface area contributed by atoms with Gasteiger partial charge >= 0.3 is 0 Å². The van der Waals surface area contributed by atoms with Crippen LogP contribution in [0.25, 0.3) is 0 Å². The summed E-state index contributed by atoms with van der Waals surface area (Å²) in [5.74, 6) is 2.35. The Bertz CT molecular complexity index is 518. The van der Waals surface area contributed by atoms with E-state index in [1.54, 1.807) is 0 Å². The normalized spacial score (nSPS) is 29.9.